The summed E-state index contributed by atoms with van der Waals surface area (Å²) < 4.78 is 17.7. The topological polar surface area (TPSA) is 59.3 Å². The molecule has 0 N–H and O–H groups in total. The summed E-state index contributed by atoms with van der Waals surface area (Å²) in [6.07, 6.45) is 24.5. The molecule has 0 aliphatic rings. The lowest BCUT2D eigenvalue weighted by Crippen LogP contribution is -2.36. The Labute approximate surface area is 607 Å². The average molecular weight is 1360 g/mol. The van der Waals surface area contributed by atoms with Gasteiger partial charge in [0.1, 0.15) is 33.4 Å². The minimum atomic E-state index is 0. The normalized spacial score (nSPS) is 9.94. The smallest absolute Gasteiger partial charge is 0.227 e. The van der Waals surface area contributed by atoms with Gasteiger partial charge >= 0.3 is 0 Å². The number of methoxy groups -OCH3 is 1. The van der Waals surface area contributed by atoms with Gasteiger partial charge < -0.3 is 14.5 Å². The van der Waals surface area contributed by atoms with Crippen molar-refractivity contribution in [2.75, 3.05) is 54.3 Å². The summed E-state index contributed by atoms with van der Waals surface area (Å²) in [5.41, 5.74) is 17.4. The summed E-state index contributed by atoms with van der Waals surface area (Å²) in [6, 6.07) is 70.2. The minimum Gasteiger partial charge on any atom is -0.378 e. The molecule has 5 aromatic carbocycles. The molecule has 1 atom stereocenters. The highest BCUT2D eigenvalue weighted by Crippen LogP contribution is 2.19. The number of rotatable bonds is 12. The van der Waals surface area contributed by atoms with Crippen LogP contribution in [0.2, 0.25) is 0 Å². The van der Waals surface area contributed by atoms with Gasteiger partial charge in [-0.1, -0.05) is 159 Å². The van der Waals surface area contributed by atoms with Crippen molar-refractivity contribution in [3.8, 4) is 5.69 Å². The molecule has 0 amide bonds. The fraction of sp³-hybridized carbons (Fsp3) is 0.315. The molecule has 0 saturated carbocycles. The summed E-state index contributed by atoms with van der Waals surface area (Å²) in [5.74, 6) is 0.135. The van der Waals surface area contributed by atoms with Crippen LogP contribution in [-0.4, -0.2) is 65.0 Å². The van der Waals surface area contributed by atoms with Gasteiger partial charge in [0.05, 0.1) is 0 Å². The molecule has 6 aromatic heterocycles. The van der Waals surface area contributed by atoms with Crippen molar-refractivity contribution in [1.82, 2.24) is 9.80 Å². The zero-order valence-electron chi connectivity index (χ0n) is 62.3. The van der Waals surface area contributed by atoms with Gasteiger partial charge in [0.15, 0.2) is 74.4 Å². The van der Waals surface area contributed by atoms with Gasteiger partial charge in [-0.3, -0.25) is 9.69 Å². The Hall–Kier alpha value is -9.65. The van der Waals surface area contributed by atoms with E-state index in [1.165, 1.54) is 72.6 Å². The molecular formula is C89H127N9O2+6. The Bertz CT molecular complexity index is 3790. The Balaban J connectivity index is 0.00000111. The van der Waals surface area contributed by atoms with Gasteiger partial charge in [-0.25, -0.2) is 18.3 Å². The zero-order valence-corrected chi connectivity index (χ0v) is 62.3. The van der Waals surface area contributed by atoms with Crippen LogP contribution in [0.4, 0.5) is 5.69 Å². The highest BCUT2D eigenvalue weighted by Gasteiger charge is 2.12. The summed E-state index contributed by atoms with van der Waals surface area (Å²) in [6.45, 7) is 26.6. The van der Waals surface area contributed by atoms with Crippen molar-refractivity contribution < 1.29 is 36.9 Å². The van der Waals surface area contributed by atoms with Crippen molar-refractivity contribution in [2.24, 2.45) is 14.1 Å². The first-order valence-electron chi connectivity index (χ1n) is 33.4. The Morgan fingerprint density at radius 3 is 1.18 bits per heavy atom. The van der Waals surface area contributed by atoms with Gasteiger partial charge in [-0.05, 0) is 151 Å². The number of Topliss-reactive ketones (excluding diaryl/α,β-unsaturated/α-hetero) is 1. The number of aryl methyl sites for hydroxylation is 13. The van der Waals surface area contributed by atoms with Gasteiger partial charge in [-0.15, -0.1) is 0 Å². The molecular weight excluding hydrogens is 1230 g/mol. The molecule has 0 spiro atoms. The third-order valence-corrected chi connectivity index (χ3v) is 14.8. The third kappa shape index (κ3) is 39.7. The van der Waals surface area contributed by atoms with E-state index in [0.717, 1.165) is 25.2 Å². The number of aromatic nitrogens is 6. The number of ether oxygens (including phenoxy) is 1. The van der Waals surface area contributed by atoms with E-state index in [2.05, 4.69) is 277 Å². The molecule has 0 saturated heterocycles. The molecule has 11 rings (SSSR count). The first-order valence-corrected chi connectivity index (χ1v) is 33.4. The van der Waals surface area contributed by atoms with E-state index in [0.29, 0.717) is 6.54 Å². The van der Waals surface area contributed by atoms with Crippen molar-refractivity contribution in [3.63, 3.8) is 0 Å². The molecule has 100 heavy (non-hydrogen) atoms. The lowest BCUT2D eigenvalue weighted by Gasteiger charge is -2.22. The van der Waals surface area contributed by atoms with Gasteiger partial charge in [0.2, 0.25) is 18.0 Å². The van der Waals surface area contributed by atoms with Crippen LogP contribution < -0.4 is 32.3 Å². The summed E-state index contributed by atoms with van der Waals surface area (Å²) in [4.78, 5) is 18.2. The monoisotopic (exact) mass is 1350 g/mol. The lowest BCUT2D eigenvalue weighted by atomic mass is 10.1. The number of nitrogens with zero attached hydrogens (tertiary/aromatic N) is 9. The van der Waals surface area contributed by atoms with Crippen LogP contribution in [0.25, 0.3) is 5.69 Å². The highest BCUT2D eigenvalue weighted by atomic mass is 16.5. The van der Waals surface area contributed by atoms with E-state index < -0.39 is 0 Å². The standard InChI is InChI=1S/C14H14NO.C12H12N.C11H17NO.C10H15N.C9H13N.2C8H12N.2C7H10N.3CH4/c1-12-5-7-13(8-6-12)14(16)11-15-9-3-2-4-10-15;1-11-5-7-12(8-6-11)13-9-3-2-4-10-13;1-9-5-7-10(8-6-9)11(13-4)12(2)3;1-9-4-6-10(7-5-9)8-11(2)3;1-8-4-6-9(7-5-8)10(2)3;1-3-9-6-4-8(2)5-7-9;1-3-9-6-4-5-8(2)7-9;1-7-3-5-8(2)6-4-7;1-7-4-3-5-8(2)6-7;;;/h2-10H,11H2,1H3;2-10H,1H3;5-8,11H,1-4H3;4-7H,8H2,1-3H3;4-7H,1-3H3;2*4-7H,3H2,1-2H3;2*3-6H,1-2H3;3*1H4/q2*+1;;;;4*+1;;;. The second-order valence-electron chi connectivity index (χ2n) is 24.9. The molecule has 0 bridgehead atoms. The fourth-order valence-corrected chi connectivity index (χ4v) is 9.01. The van der Waals surface area contributed by atoms with Crippen LogP contribution >= 0.6 is 0 Å². The number of hydrogen-bond donors (Lipinski definition) is 0. The maximum Gasteiger partial charge on any atom is 0.227 e. The van der Waals surface area contributed by atoms with Crippen molar-refractivity contribution in [2.45, 2.75) is 131 Å². The van der Waals surface area contributed by atoms with Crippen molar-refractivity contribution in [3.05, 3.63) is 347 Å². The highest BCUT2D eigenvalue weighted by molar-refractivity contribution is 5.95. The SMILES string of the molecule is C.C.C.CC[n+]1ccc(C)cc1.CC[n+]1cccc(C)c1.COC(c1ccc(C)cc1)N(C)C.Cc1cc[n+](C)cc1.Cc1ccc(-[n+]2ccccc2)cc1.Cc1ccc(C(=O)C[n+]2ccccc2)cc1.Cc1ccc(CN(C)C)cc1.Cc1ccc(N(C)C)cc1.Cc1ccc[n+](C)c1. The number of carbonyl (C=O) groups excluding carboxylic acids is 1. The summed E-state index contributed by atoms with van der Waals surface area (Å²) >= 11 is 0. The number of pyridine rings is 6. The Morgan fingerprint density at radius 1 is 0.390 bits per heavy atom. The van der Waals surface area contributed by atoms with E-state index in [-0.39, 0.29) is 34.3 Å². The van der Waals surface area contributed by atoms with E-state index >= 15 is 0 Å². The Morgan fingerprint density at radius 2 is 0.790 bits per heavy atom. The molecule has 11 heteroatoms. The molecule has 11 nitrogen and oxygen atoms in total. The molecule has 534 valence electrons. The van der Waals surface area contributed by atoms with Gasteiger partial charge in [-0.2, -0.15) is 9.13 Å². The zero-order chi connectivity index (χ0) is 71.5. The molecule has 0 aliphatic carbocycles. The number of carbonyl (C=O) groups is 1. The molecule has 0 radical (unpaired) electrons. The minimum absolute atomic E-state index is 0. The molecule has 6 heterocycles. The number of hydrogen-bond acceptors (Lipinski definition) is 5. The van der Waals surface area contributed by atoms with Crippen LogP contribution in [0, 0.1) is 62.3 Å². The predicted molar refractivity (Wildman–Crippen MR) is 423 cm³/mol. The maximum atomic E-state index is 11.9. The molecule has 11 aromatic rings. The second-order valence-corrected chi connectivity index (χ2v) is 24.9. The quantitative estimate of drug-likeness (QED) is 0.0693. The molecule has 0 aliphatic heterocycles. The van der Waals surface area contributed by atoms with Crippen LogP contribution in [0.5, 0.6) is 0 Å². The number of benzene rings is 5. The maximum absolute atomic E-state index is 11.9. The molecule has 1 unspecified atom stereocenters. The van der Waals surface area contributed by atoms with E-state index in [4.69, 9.17) is 4.74 Å². The van der Waals surface area contributed by atoms with Gasteiger partial charge in [0.25, 0.3) is 0 Å². The summed E-state index contributed by atoms with van der Waals surface area (Å²) in [5, 5.41) is 0. The van der Waals surface area contributed by atoms with E-state index in [9.17, 15) is 4.79 Å². The van der Waals surface area contributed by atoms with Crippen molar-refractivity contribution in [1.29, 1.82) is 0 Å². The van der Waals surface area contributed by atoms with Crippen molar-refractivity contribution >= 4 is 11.5 Å². The lowest BCUT2D eigenvalue weighted by molar-refractivity contribution is -0.693. The van der Waals surface area contributed by atoms with Crippen LogP contribution in [-0.2, 0) is 45.0 Å². The predicted octanol–water partition coefficient (Wildman–Crippen LogP) is 16.9. The summed E-state index contributed by atoms with van der Waals surface area (Å²) in [7, 11) is 18.0. The number of ketones is 1. The van der Waals surface area contributed by atoms with Crippen LogP contribution in [0.1, 0.15) is 114 Å². The van der Waals surface area contributed by atoms with Crippen LogP contribution in [0.15, 0.2) is 281 Å². The van der Waals surface area contributed by atoms with E-state index in [1.54, 1.807) is 7.11 Å². The second kappa shape index (κ2) is 51.5. The van der Waals surface area contributed by atoms with Gasteiger partial charge in [0, 0.05) is 123 Å². The largest absolute Gasteiger partial charge is 0.378 e. The average Bonchev–Trinajstić information content (AvgIpc) is 0.888. The third-order valence-electron chi connectivity index (χ3n) is 14.8. The van der Waals surface area contributed by atoms with Crippen LogP contribution in [0.3, 0.4) is 0 Å². The molecule has 0 fully saturated rings. The number of anilines is 1. The first kappa shape index (κ1) is 90.3. The first-order chi connectivity index (χ1) is 46.4. The fourth-order valence-electron chi connectivity index (χ4n) is 9.01. The Kier molecular flexibility index (Phi) is 46.5. The van der Waals surface area contributed by atoms with E-state index in [1.807, 2.05) is 178 Å².